The lowest BCUT2D eigenvalue weighted by Crippen LogP contribution is -2.27. The lowest BCUT2D eigenvalue weighted by atomic mass is 9.91. The molecule has 0 spiro atoms. The van der Waals surface area contributed by atoms with Crippen molar-refractivity contribution in [1.29, 1.82) is 0 Å². The number of anilines is 1. The van der Waals surface area contributed by atoms with Crippen molar-refractivity contribution >= 4 is 40.3 Å². The molecule has 5 N–H and O–H groups in total. The van der Waals surface area contributed by atoms with Crippen LogP contribution in [0.5, 0.6) is 0 Å². The Bertz CT molecular complexity index is 1940. The average molecular weight is 629 g/mol. The van der Waals surface area contributed by atoms with E-state index in [1.807, 2.05) is 92.7 Å². The third kappa shape index (κ3) is 8.40. The number of aromatic carboxylic acids is 1. The highest BCUT2D eigenvalue weighted by Crippen LogP contribution is 2.33. The summed E-state index contributed by atoms with van der Waals surface area (Å²) in [5.74, 6) is -1.13. The number of hydrogen-bond acceptors (Lipinski definition) is 5. The van der Waals surface area contributed by atoms with Gasteiger partial charge in [-0.1, -0.05) is 74.5 Å². The Balaban J connectivity index is 1.36. The molecule has 0 saturated heterocycles. The number of ether oxygens (including phenoxy) is 1. The van der Waals surface area contributed by atoms with Crippen molar-refractivity contribution in [3.8, 4) is 11.1 Å². The van der Waals surface area contributed by atoms with Crippen molar-refractivity contribution < 1.29 is 24.2 Å². The van der Waals surface area contributed by atoms with Gasteiger partial charge in [0.15, 0.2) is 0 Å². The molecule has 5 aromatic carbocycles. The van der Waals surface area contributed by atoms with Crippen LogP contribution in [0.15, 0.2) is 114 Å². The Morgan fingerprint density at radius 3 is 2.15 bits per heavy atom. The summed E-state index contributed by atoms with van der Waals surface area (Å²) in [5.41, 5.74) is 10.7. The number of nitrogens with two attached hydrogens (primary N) is 1. The van der Waals surface area contributed by atoms with Gasteiger partial charge in [-0.25, -0.2) is 9.59 Å². The van der Waals surface area contributed by atoms with Crippen LogP contribution in [-0.2, 0) is 17.9 Å². The molecule has 0 aliphatic carbocycles. The standard InChI is InChI=1S/C38H36N4O5/c1-24(2)21-41-36(43)29-14-17-32(34(20-29)37(44)45)33-19-28-11-7-6-10-27(28)18-30(33)22-40-31-15-12-26(13-16-31)35(39)42-38(46)47-23-25-8-4-3-5-9-25/h3-20,24,40H,21-23H2,1-2H3,(H,41,43)(H,44,45)(H2,39,42,46). The summed E-state index contributed by atoms with van der Waals surface area (Å²) in [7, 11) is 0. The van der Waals surface area contributed by atoms with E-state index in [1.54, 1.807) is 24.3 Å². The number of rotatable bonds is 11. The minimum atomic E-state index is -1.12. The van der Waals surface area contributed by atoms with Crippen molar-refractivity contribution in [1.82, 2.24) is 5.32 Å². The van der Waals surface area contributed by atoms with Gasteiger partial charge in [0, 0.05) is 29.9 Å². The molecule has 0 heterocycles. The maximum atomic E-state index is 12.7. The number of fused-ring (bicyclic) bond motifs is 1. The number of nitrogens with zero attached hydrogens (tertiary/aromatic N) is 1. The Hall–Kier alpha value is -5.96. The molecular formula is C38H36N4O5. The van der Waals surface area contributed by atoms with E-state index >= 15 is 0 Å². The number of carboxylic acid groups (broad SMARTS) is 1. The number of amides is 2. The van der Waals surface area contributed by atoms with Gasteiger partial charge < -0.3 is 26.2 Å². The molecule has 0 fully saturated rings. The topological polar surface area (TPSA) is 143 Å². The molecule has 0 aliphatic heterocycles. The number of benzene rings is 5. The summed E-state index contributed by atoms with van der Waals surface area (Å²) in [5, 5.41) is 18.4. The third-order valence-electron chi connectivity index (χ3n) is 7.53. The van der Waals surface area contributed by atoms with Gasteiger partial charge in [0.05, 0.1) is 5.56 Å². The van der Waals surface area contributed by atoms with E-state index in [0.717, 1.165) is 33.2 Å². The van der Waals surface area contributed by atoms with E-state index in [0.29, 0.717) is 29.8 Å². The number of hydrogen-bond donors (Lipinski definition) is 4. The molecular weight excluding hydrogens is 592 g/mol. The largest absolute Gasteiger partial charge is 0.478 e. The van der Waals surface area contributed by atoms with E-state index in [4.69, 9.17) is 10.5 Å². The van der Waals surface area contributed by atoms with Gasteiger partial charge >= 0.3 is 12.1 Å². The monoisotopic (exact) mass is 628 g/mol. The Morgan fingerprint density at radius 2 is 1.47 bits per heavy atom. The normalized spacial score (nSPS) is 11.3. The first-order chi connectivity index (χ1) is 22.7. The summed E-state index contributed by atoms with van der Waals surface area (Å²) in [6, 6.07) is 33.1. The van der Waals surface area contributed by atoms with E-state index in [2.05, 4.69) is 15.6 Å². The number of amidine groups is 1. The maximum Gasteiger partial charge on any atom is 0.435 e. The maximum absolute atomic E-state index is 12.7. The van der Waals surface area contributed by atoms with Crippen molar-refractivity contribution in [2.45, 2.75) is 27.0 Å². The molecule has 0 unspecified atom stereocenters. The van der Waals surface area contributed by atoms with E-state index in [-0.39, 0.29) is 29.8 Å². The average Bonchev–Trinajstić information content (AvgIpc) is 3.08. The van der Waals surface area contributed by atoms with E-state index < -0.39 is 12.1 Å². The Morgan fingerprint density at radius 1 is 0.809 bits per heavy atom. The summed E-state index contributed by atoms with van der Waals surface area (Å²) in [6.07, 6.45) is -0.776. The van der Waals surface area contributed by atoms with Gasteiger partial charge in [0.2, 0.25) is 0 Å². The second-order valence-corrected chi connectivity index (χ2v) is 11.5. The number of nitrogens with one attached hydrogen (secondary N) is 2. The Labute approximate surface area is 273 Å². The molecule has 238 valence electrons. The van der Waals surface area contributed by atoms with Gasteiger partial charge in [-0.05, 0) is 87.5 Å². The first-order valence-electron chi connectivity index (χ1n) is 15.2. The number of carboxylic acids is 1. The zero-order valence-electron chi connectivity index (χ0n) is 26.2. The predicted molar refractivity (Wildman–Crippen MR) is 185 cm³/mol. The highest BCUT2D eigenvalue weighted by molar-refractivity contribution is 6.04. The van der Waals surface area contributed by atoms with Crippen LogP contribution in [0.2, 0.25) is 0 Å². The molecule has 5 aromatic rings. The molecule has 0 aliphatic rings. The van der Waals surface area contributed by atoms with Gasteiger partial charge in [-0.15, -0.1) is 0 Å². The molecule has 9 nitrogen and oxygen atoms in total. The first kappa shape index (κ1) is 32.4. The molecule has 0 bridgehead atoms. The molecule has 0 aromatic heterocycles. The second-order valence-electron chi connectivity index (χ2n) is 11.5. The van der Waals surface area contributed by atoms with Crippen LogP contribution in [0.4, 0.5) is 10.5 Å². The van der Waals surface area contributed by atoms with Crippen LogP contribution in [0.1, 0.15) is 51.3 Å². The van der Waals surface area contributed by atoms with Crippen molar-refractivity contribution in [2.75, 3.05) is 11.9 Å². The highest BCUT2D eigenvalue weighted by Gasteiger charge is 2.19. The van der Waals surface area contributed by atoms with Crippen LogP contribution in [0.25, 0.3) is 21.9 Å². The molecule has 0 atom stereocenters. The fourth-order valence-electron chi connectivity index (χ4n) is 5.05. The summed E-state index contributed by atoms with van der Waals surface area (Å²) < 4.78 is 5.20. The van der Waals surface area contributed by atoms with Gasteiger partial charge in [0.25, 0.3) is 5.91 Å². The number of carbonyl (C=O) groups excluding carboxylic acids is 2. The highest BCUT2D eigenvalue weighted by atomic mass is 16.5. The van der Waals surface area contributed by atoms with Crippen LogP contribution in [0, 0.1) is 5.92 Å². The summed E-state index contributed by atoms with van der Waals surface area (Å²) >= 11 is 0. The van der Waals surface area contributed by atoms with Gasteiger partial charge in [0.1, 0.15) is 12.4 Å². The fraction of sp³-hybridized carbons (Fsp3) is 0.158. The van der Waals surface area contributed by atoms with Crippen LogP contribution < -0.4 is 16.4 Å². The quantitative estimate of drug-likeness (QED) is 0.0891. The van der Waals surface area contributed by atoms with Gasteiger partial charge in [-0.3, -0.25) is 4.79 Å². The Kier molecular flexibility index (Phi) is 10.3. The van der Waals surface area contributed by atoms with Crippen LogP contribution >= 0.6 is 0 Å². The first-order valence-corrected chi connectivity index (χ1v) is 15.2. The zero-order chi connectivity index (χ0) is 33.3. The lowest BCUT2D eigenvalue weighted by molar-refractivity contribution is 0.0697. The van der Waals surface area contributed by atoms with Crippen molar-refractivity contribution in [3.05, 3.63) is 137 Å². The zero-order valence-corrected chi connectivity index (χ0v) is 26.2. The third-order valence-corrected chi connectivity index (χ3v) is 7.53. The molecule has 2 amide bonds. The molecule has 0 radical (unpaired) electrons. The fourth-order valence-corrected chi connectivity index (χ4v) is 5.05. The van der Waals surface area contributed by atoms with Crippen molar-refractivity contribution in [3.63, 3.8) is 0 Å². The lowest BCUT2D eigenvalue weighted by Gasteiger charge is -2.16. The molecule has 5 rings (SSSR count). The number of carbonyl (C=O) groups is 3. The molecule has 0 saturated carbocycles. The molecule has 9 heteroatoms. The van der Waals surface area contributed by atoms with Crippen LogP contribution in [0.3, 0.4) is 0 Å². The SMILES string of the molecule is CC(C)CNC(=O)c1ccc(-c2cc3ccccc3cc2CNc2ccc(C(N)=NC(=O)OCc3ccccc3)cc2)c(C(=O)O)c1. The summed E-state index contributed by atoms with van der Waals surface area (Å²) in [4.78, 5) is 41.2. The smallest absolute Gasteiger partial charge is 0.435 e. The number of aliphatic imine (C=N–C) groups is 1. The second kappa shape index (κ2) is 14.9. The van der Waals surface area contributed by atoms with Crippen molar-refractivity contribution in [2.24, 2.45) is 16.6 Å². The van der Waals surface area contributed by atoms with Gasteiger partial charge in [-0.2, -0.15) is 4.99 Å². The predicted octanol–water partition coefficient (Wildman–Crippen LogP) is 7.25. The summed E-state index contributed by atoms with van der Waals surface area (Å²) in [6.45, 7) is 4.95. The minimum Gasteiger partial charge on any atom is -0.478 e. The minimum absolute atomic E-state index is 0.0361. The van der Waals surface area contributed by atoms with E-state index in [1.165, 1.54) is 6.07 Å². The van der Waals surface area contributed by atoms with E-state index in [9.17, 15) is 19.5 Å². The molecule has 47 heavy (non-hydrogen) atoms. The van der Waals surface area contributed by atoms with Crippen LogP contribution in [-0.4, -0.2) is 35.5 Å².